The summed E-state index contributed by atoms with van der Waals surface area (Å²) >= 11 is 0. The van der Waals surface area contributed by atoms with Crippen LogP contribution in [-0.2, 0) is 17.6 Å². The van der Waals surface area contributed by atoms with E-state index >= 15 is 0 Å². The first kappa shape index (κ1) is 12.4. The van der Waals surface area contributed by atoms with Crippen molar-refractivity contribution in [1.29, 1.82) is 0 Å². The van der Waals surface area contributed by atoms with Crippen molar-refractivity contribution < 1.29 is 9.90 Å². The minimum absolute atomic E-state index is 0.173. The van der Waals surface area contributed by atoms with E-state index in [1.807, 2.05) is 6.92 Å². The lowest BCUT2D eigenvalue weighted by Crippen LogP contribution is -2.26. The summed E-state index contributed by atoms with van der Waals surface area (Å²) in [5.74, 6) is 0.166. The van der Waals surface area contributed by atoms with Crippen LogP contribution in [0, 0.1) is 11.8 Å². The van der Waals surface area contributed by atoms with Crippen LogP contribution in [0.15, 0.2) is 6.33 Å². The Labute approximate surface area is 112 Å². The van der Waals surface area contributed by atoms with Crippen LogP contribution in [0.25, 0.3) is 0 Å². The van der Waals surface area contributed by atoms with Crippen molar-refractivity contribution in [2.24, 2.45) is 11.8 Å². The lowest BCUT2D eigenvalue weighted by molar-refractivity contribution is -0.142. The molecule has 0 amide bonds. The zero-order chi connectivity index (χ0) is 13.4. The number of carboxylic acids is 1. The van der Waals surface area contributed by atoms with E-state index in [2.05, 4.69) is 14.9 Å². The van der Waals surface area contributed by atoms with Gasteiger partial charge in [0.1, 0.15) is 12.1 Å². The fourth-order valence-corrected chi connectivity index (χ4v) is 3.24. The second-order valence-corrected chi connectivity index (χ2v) is 5.66. The molecule has 1 aliphatic carbocycles. The molecule has 1 saturated heterocycles. The number of hydrogen-bond donors (Lipinski definition) is 1. The standard InChI is InChI=1S/C14H19N3O2/c1-9-6-17(7-11(9)14(18)19)13-10-4-2-3-5-12(10)15-8-16-13/h8-9,11H,2-7H2,1H3,(H,18,19)/t9-,11-/m1/s1. The second-order valence-electron chi connectivity index (χ2n) is 5.66. The first-order valence-corrected chi connectivity index (χ1v) is 6.97. The van der Waals surface area contributed by atoms with Crippen LogP contribution in [0.2, 0.25) is 0 Å². The van der Waals surface area contributed by atoms with E-state index < -0.39 is 5.97 Å². The smallest absolute Gasteiger partial charge is 0.308 e. The molecule has 0 radical (unpaired) electrons. The van der Waals surface area contributed by atoms with Crippen LogP contribution >= 0.6 is 0 Å². The maximum absolute atomic E-state index is 11.2. The normalized spacial score (nSPS) is 26.3. The lowest BCUT2D eigenvalue weighted by atomic mass is 9.96. The van der Waals surface area contributed by atoms with E-state index in [0.29, 0.717) is 6.54 Å². The van der Waals surface area contributed by atoms with Crippen LogP contribution < -0.4 is 4.90 Å². The molecule has 1 aromatic heterocycles. The van der Waals surface area contributed by atoms with Crippen molar-refractivity contribution >= 4 is 11.8 Å². The van der Waals surface area contributed by atoms with Crippen LogP contribution in [0.4, 0.5) is 5.82 Å². The van der Waals surface area contributed by atoms with Crippen molar-refractivity contribution in [2.45, 2.75) is 32.6 Å². The highest BCUT2D eigenvalue weighted by atomic mass is 16.4. The Morgan fingerprint density at radius 1 is 1.32 bits per heavy atom. The van der Waals surface area contributed by atoms with Gasteiger partial charge in [-0.2, -0.15) is 0 Å². The van der Waals surface area contributed by atoms with Crippen LogP contribution in [0.5, 0.6) is 0 Å². The fourth-order valence-electron chi connectivity index (χ4n) is 3.24. The molecule has 0 saturated carbocycles. The molecule has 0 spiro atoms. The third-order valence-electron chi connectivity index (χ3n) is 4.33. The van der Waals surface area contributed by atoms with Crippen molar-refractivity contribution in [3.05, 3.63) is 17.6 Å². The third kappa shape index (κ3) is 2.17. The predicted molar refractivity (Wildman–Crippen MR) is 71.2 cm³/mol. The number of aromatic nitrogens is 2. The highest BCUT2D eigenvalue weighted by molar-refractivity contribution is 5.72. The van der Waals surface area contributed by atoms with Gasteiger partial charge in [-0.25, -0.2) is 9.97 Å². The maximum atomic E-state index is 11.2. The first-order chi connectivity index (χ1) is 9.16. The minimum atomic E-state index is -0.696. The largest absolute Gasteiger partial charge is 0.481 e. The van der Waals surface area contributed by atoms with Gasteiger partial charge in [-0.3, -0.25) is 4.79 Å². The molecule has 102 valence electrons. The molecule has 3 rings (SSSR count). The predicted octanol–water partition coefficient (Wildman–Crippen LogP) is 1.51. The molecular formula is C14H19N3O2. The Morgan fingerprint density at radius 3 is 2.84 bits per heavy atom. The van der Waals surface area contributed by atoms with Gasteiger partial charge in [0.2, 0.25) is 0 Å². The van der Waals surface area contributed by atoms with E-state index in [1.165, 1.54) is 18.4 Å². The van der Waals surface area contributed by atoms with Crippen molar-refractivity contribution in [3.8, 4) is 0 Å². The van der Waals surface area contributed by atoms with Gasteiger partial charge in [-0.05, 0) is 31.6 Å². The Balaban J connectivity index is 1.89. The Hall–Kier alpha value is -1.65. The van der Waals surface area contributed by atoms with Gasteiger partial charge < -0.3 is 10.0 Å². The molecule has 19 heavy (non-hydrogen) atoms. The monoisotopic (exact) mass is 261 g/mol. The number of aryl methyl sites for hydroxylation is 1. The molecule has 2 aliphatic rings. The molecule has 0 unspecified atom stereocenters. The summed E-state index contributed by atoms with van der Waals surface area (Å²) in [7, 11) is 0. The summed E-state index contributed by atoms with van der Waals surface area (Å²) in [6, 6.07) is 0. The average Bonchev–Trinajstić information content (AvgIpc) is 2.80. The van der Waals surface area contributed by atoms with Crippen molar-refractivity contribution in [2.75, 3.05) is 18.0 Å². The number of nitrogens with zero attached hydrogens (tertiary/aromatic N) is 3. The quantitative estimate of drug-likeness (QED) is 0.874. The van der Waals surface area contributed by atoms with Gasteiger partial charge in [-0.1, -0.05) is 6.92 Å². The van der Waals surface area contributed by atoms with E-state index in [9.17, 15) is 9.90 Å². The Kier molecular flexibility index (Phi) is 3.12. The summed E-state index contributed by atoms with van der Waals surface area (Å²) in [5, 5.41) is 9.23. The molecule has 2 atom stereocenters. The molecular weight excluding hydrogens is 242 g/mol. The number of anilines is 1. The van der Waals surface area contributed by atoms with Crippen LogP contribution in [0.1, 0.15) is 31.0 Å². The minimum Gasteiger partial charge on any atom is -0.481 e. The highest BCUT2D eigenvalue weighted by Crippen LogP contribution is 2.32. The number of carbonyl (C=O) groups is 1. The molecule has 5 nitrogen and oxygen atoms in total. The zero-order valence-electron chi connectivity index (χ0n) is 11.2. The van der Waals surface area contributed by atoms with Gasteiger partial charge >= 0.3 is 5.97 Å². The van der Waals surface area contributed by atoms with Gasteiger partial charge in [0.25, 0.3) is 0 Å². The molecule has 5 heteroatoms. The Morgan fingerprint density at radius 2 is 2.11 bits per heavy atom. The van der Waals surface area contributed by atoms with Gasteiger partial charge in [0, 0.05) is 24.3 Å². The first-order valence-electron chi connectivity index (χ1n) is 6.97. The molecule has 1 aliphatic heterocycles. The zero-order valence-corrected chi connectivity index (χ0v) is 11.2. The summed E-state index contributed by atoms with van der Waals surface area (Å²) in [5.41, 5.74) is 2.40. The Bertz CT molecular complexity index is 503. The number of rotatable bonds is 2. The molecule has 1 N–H and O–H groups in total. The van der Waals surface area contributed by atoms with E-state index in [4.69, 9.17) is 0 Å². The van der Waals surface area contributed by atoms with E-state index in [-0.39, 0.29) is 11.8 Å². The molecule has 1 fully saturated rings. The van der Waals surface area contributed by atoms with Gasteiger partial charge in [0.05, 0.1) is 5.92 Å². The summed E-state index contributed by atoms with van der Waals surface area (Å²) < 4.78 is 0. The van der Waals surface area contributed by atoms with Gasteiger partial charge in [-0.15, -0.1) is 0 Å². The highest BCUT2D eigenvalue weighted by Gasteiger charge is 2.36. The number of aliphatic carboxylic acids is 1. The van der Waals surface area contributed by atoms with E-state index in [1.54, 1.807) is 6.33 Å². The molecule has 0 bridgehead atoms. The molecule has 0 aromatic carbocycles. The van der Waals surface area contributed by atoms with Crippen molar-refractivity contribution in [3.63, 3.8) is 0 Å². The summed E-state index contributed by atoms with van der Waals surface area (Å²) in [4.78, 5) is 22.1. The molecule has 1 aromatic rings. The van der Waals surface area contributed by atoms with Gasteiger partial charge in [0.15, 0.2) is 0 Å². The van der Waals surface area contributed by atoms with Crippen molar-refractivity contribution in [1.82, 2.24) is 9.97 Å². The summed E-state index contributed by atoms with van der Waals surface area (Å²) in [6.45, 7) is 3.35. The van der Waals surface area contributed by atoms with Crippen LogP contribution in [-0.4, -0.2) is 34.1 Å². The SMILES string of the molecule is C[C@@H]1CN(c2ncnc3c2CCCC3)C[C@H]1C(=O)O. The fraction of sp³-hybridized carbons (Fsp3) is 0.643. The maximum Gasteiger partial charge on any atom is 0.308 e. The van der Waals surface area contributed by atoms with E-state index in [0.717, 1.165) is 30.9 Å². The summed E-state index contributed by atoms with van der Waals surface area (Å²) in [6.07, 6.45) is 6.04. The number of fused-ring (bicyclic) bond motifs is 1. The third-order valence-corrected chi connectivity index (χ3v) is 4.33. The topological polar surface area (TPSA) is 66.3 Å². The number of hydrogen-bond acceptors (Lipinski definition) is 4. The van der Waals surface area contributed by atoms with Crippen LogP contribution in [0.3, 0.4) is 0 Å². The second kappa shape index (κ2) is 4.79. The molecule has 2 heterocycles. The number of carboxylic acid groups (broad SMARTS) is 1. The average molecular weight is 261 g/mol. The lowest BCUT2D eigenvalue weighted by Gasteiger charge is -2.24.